The molecule has 4 N–H and O–H groups in total. The molecule has 0 aliphatic carbocycles. The largest absolute Gasteiger partial charge is 0.398 e. The minimum Gasteiger partial charge on any atom is -0.398 e. The first-order chi connectivity index (χ1) is 10.0. The van der Waals surface area contributed by atoms with E-state index < -0.39 is 19.9 Å². The Labute approximate surface area is 137 Å². The number of rotatable bonds is 3. The zero-order valence-corrected chi connectivity index (χ0v) is 14.7. The summed E-state index contributed by atoms with van der Waals surface area (Å²) >= 11 is 3.19. The molecule has 22 heavy (non-hydrogen) atoms. The Kier molecular flexibility index (Phi) is 4.35. The molecule has 2 aromatic rings. The molecule has 6 nitrogen and oxygen atoms in total. The predicted octanol–water partition coefficient (Wildman–Crippen LogP) is 1.82. The van der Waals surface area contributed by atoms with Crippen molar-refractivity contribution in [3.63, 3.8) is 0 Å². The summed E-state index contributed by atoms with van der Waals surface area (Å²) in [5.74, 6) is 0. The van der Waals surface area contributed by atoms with Crippen molar-refractivity contribution in [2.75, 3.05) is 5.73 Å². The van der Waals surface area contributed by atoms with Crippen LogP contribution in [-0.2, 0) is 19.9 Å². The molecule has 9 heteroatoms. The number of benzene rings is 2. The summed E-state index contributed by atoms with van der Waals surface area (Å²) in [7, 11) is -7.91. The van der Waals surface area contributed by atoms with Gasteiger partial charge in [-0.25, -0.2) is 22.0 Å². The van der Waals surface area contributed by atoms with E-state index in [0.29, 0.717) is 10.0 Å². The average Bonchev–Trinajstić information content (AvgIpc) is 2.40. The summed E-state index contributed by atoms with van der Waals surface area (Å²) in [6.07, 6.45) is 0. The molecule has 0 spiro atoms. The summed E-state index contributed by atoms with van der Waals surface area (Å²) in [5, 5.41) is 5.05. The summed E-state index contributed by atoms with van der Waals surface area (Å²) < 4.78 is 48.8. The minimum absolute atomic E-state index is 0.0251. The number of primary sulfonamides is 1. The topological polar surface area (TPSA) is 120 Å². The van der Waals surface area contributed by atoms with Crippen molar-refractivity contribution >= 4 is 41.5 Å². The van der Waals surface area contributed by atoms with Gasteiger partial charge in [-0.1, -0.05) is 6.07 Å². The van der Waals surface area contributed by atoms with Crippen molar-refractivity contribution in [3.8, 4) is 0 Å². The van der Waals surface area contributed by atoms with Gasteiger partial charge in [-0.05, 0) is 58.7 Å². The Morgan fingerprint density at radius 1 is 0.955 bits per heavy atom. The normalized spacial score (nSPS) is 12.3. The van der Waals surface area contributed by atoms with E-state index in [1.165, 1.54) is 30.3 Å². The summed E-state index contributed by atoms with van der Waals surface area (Å²) in [5.41, 5.74) is 6.38. The Morgan fingerprint density at radius 2 is 1.55 bits per heavy atom. The Hall–Kier alpha value is -1.42. The SMILES string of the molecule is Cc1ccc(S(N)(=O)=O)cc1S(=O)(=O)c1ccc(Br)c(N)c1. The van der Waals surface area contributed by atoms with E-state index in [1.807, 2.05) is 0 Å². The Morgan fingerprint density at radius 3 is 2.09 bits per heavy atom. The van der Waals surface area contributed by atoms with Gasteiger partial charge in [0.15, 0.2) is 0 Å². The number of anilines is 1. The van der Waals surface area contributed by atoms with E-state index in [4.69, 9.17) is 10.9 Å². The standard InChI is InChI=1S/C13H13BrN2O4S2/c1-8-2-3-10(22(16,19)20)7-13(8)21(17,18)9-4-5-11(14)12(15)6-9/h2-7H,15H2,1H3,(H2,16,19,20). The van der Waals surface area contributed by atoms with Crippen molar-refractivity contribution in [2.24, 2.45) is 5.14 Å². The van der Waals surface area contributed by atoms with Crippen molar-refractivity contribution < 1.29 is 16.8 Å². The lowest BCUT2D eigenvalue weighted by molar-refractivity contribution is 0.594. The van der Waals surface area contributed by atoms with Crippen LogP contribution in [0.2, 0.25) is 0 Å². The lowest BCUT2D eigenvalue weighted by atomic mass is 10.2. The number of nitrogen functional groups attached to an aromatic ring is 1. The molecule has 118 valence electrons. The van der Waals surface area contributed by atoms with Crippen LogP contribution in [0.15, 0.2) is 55.6 Å². The molecule has 0 radical (unpaired) electrons. The third kappa shape index (κ3) is 3.17. The molecule has 0 fully saturated rings. The maximum Gasteiger partial charge on any atom is 0.238 e. The highest BCUT2D eigenvalue weighted by Crippen LogP contribution is 2.29. The van der Waals surface area contributed by atoms with Crippen molar-refractivity contribution in [1.29, 1.82) is 0 Å². The van der Waals surface area contributed by atoms with E-state index >= 15 is 0 Å². The molecular weight excluding hydrogens is 392 g/mol. The van der Waals surface area contributed by atoms with Gasteiger partial charge in [0.05, 0.1) is 14.7 Å². The van der Waals surface area contributed by atoms with Crippen LogP contribution in [-0.4, -0.2) is 16.8 Å². The van der Waals surface area contributed by atoms with Crippen molar-refractivity contribution in [1.82, 2.24) is 0 Å². The van der Waals surface area contributed by atoms with Gasteiger partial charge in [0.1, 0.15) is 0 Å². The Bertz CT molecular complexity index is 954. The van der Waals surface area contributed by atoms with Crippen LogP contribution in [0.25, 0.3) is 0 Å². The van der Waals surface area contributed by atoms with Gasteiger partial charge in [-0.15, -0.1) is 0 Å². The second-order valence-electron chi connectivity index (χ2n) is 4.66. The van der Waals surface area contributed by atoms with Gasteiger partial charge in [0.2, 0.25) is 19.9 Å². The molecule has 0 aliphatic heterocycles. The molecule has 0 heterocycles. The fourth-order valence-electron chi connectivity index (χ4n) is 1.86. The summed E-state index contributed by atoms with van der Waals surface area (Å²) in [6, 6.07) is 7.93. The van der Waals surface area contributed by atoms with Crippen LogP contribution < -0.4 is 10.9 Å². The summed E-state index contributed by atoms with van der Waals surface area (Å²) in [4.78, 5) is -0.412. The monoisotopic (exact) mass is 404 g/mol. The molecule has 0 aliphatic rings. The summed E-state index contributed by atoms with van der Waals surface area (Å²) in [6.45, 7) is 1.57. The second-order valence-corrected chi connectivity index (χ2v) is 8.99. The first-order valence-corrected chi connectivity index (χ1v) is 9.79. The molecule has 0 bridgehead atoms. The van der Waals surface area contributed by atoms with Crippen LogP contribution in [0.4, 0.5) is 5.69 Å². The van der Waals surface area contributed by atoms with Crippen LogP contribution in [0, 0.1) is 6.92 Å². The van der Waals surface area contributed by atoms with Gasteiger partial charge in [0.25, 0.3) is 0 Å². The molecule has 0 unspecified atom stereocenters. The van der Waals surface area contributed by atoms with Crippen LogP contribution >= 0.6 is 15.9 Å². The maximum absolute atomic E-state index is 12.7. The van der Waals surface area contributed by atoms with Crippen LogP contribution in [0.3, 0.4) is 0 Å². The highest BCUT2D eigenvalue weighted by atomic mass is 79.9. The minimum atomic E-state index is -4.00. The predicted molar refractivity (Wildman–Crippen MR) is 86.6 cm³/mol. The van der Waals surface area contributed by atoms with E-state index in [0.717, 1.165) is 6.07 Å². The van der Waals surface area contributed by atoms with Gasteiger partial charge >= 0.3 is 0 Å². The van der Waals surface area contributed by atoms with E-state index in [-0.39, 0.29) is 20.4 Å². The quantitative estimate of drug-likeness (QED) is 0.755. The molecule has 0 atom stereocenters. The number of hydrogen-bond acceptors (Lipinski definition) is 5. The third-order valence-electron chi connectivity index (χ3n) is 3.06. The molecule has 0 saturated carbocycles. The van der Waals surface area contributed by atoms with Crippen LogP contribution in [0.5, 0.6) is 0 Å². The van der Waals surface area contributed by atoms with Gasteiger partial charge in [-0.3, -0.25) is 0 Å². The maximum atomic E-state index is 12.7. The number of hydrogen-bond donors (Lipinski definition) is 2. The molecule has 0 amide bonds. The van der Waals surface area contributed by atoms with Crippen molar-refractivity contribution in [2.45, 2.75) is 21.6 Å². The lowest BCUT2D eigenvalue weighted by Crippen LogP contribution is -2.14. The molecule has 0 aromatic heterocycles. The van der Waals surface area contributed by atoms with Crippen molar-refractivity contribution in [3.05, 3.63) is 46.4 Å². The fourth-order valence-corrected chi connectivity index (χ4v) is 4.28. The highest BCUT2D eigenvalue weighted by Gasteiger charge is 2.23. The molecular formula is C13H13BrN2O4S2. The van der Waals surface area contributed by atoms with Gasteiger partial charge in [-0.2, -0.15) is 0 Å². The Balaban J connectivity index is 2.70. The van der Waals surface area contributed by atoms with Gasteiger partial charge in [0, 0.05) is 10.2 Å². The number of sulfonamides is 1. The first-order valence-electron chi connectivity index (χ1n) is 5.97. The van der Waals surface area contributed by atoms with E-state index in [2.05, 4.69) is 15.9 Å². The number of sulfone groups is 1. The highest BCUT2D eigenvalue weighted by molar-refractivity contribution is 9.10. The molecule has 0 saturated heterocycles. The smallest absolute Gasteiger partial charge is 0.238 e. The zero-order valence-electron chi connectivity index (χ0n) is 11.4. The average molecular weight is 405 g/mol. The third-order valence-corrected chi connectivity index (χ3v) is 6.58. The second kappa shape index (κ2) is 5.65. The zero-order chi connectivity index (χ0) is 16.7. The van der Waals surface area contributed by atoms with E-state index in [1.54, 1.807) is 6.92 Å². The number of aryl methyl sites for hydroxylation is 1. The van der Waals surface area contributed by atoms with Crippen LogP contribution in [0.1, 0.15) is 5.56 Å². The lowest BCUT2D eigenvalue weighted by Gasteiger charge is -2.10. The molecule has 2 rings (SSSR count). The fraction of sp³-hybridized carbons (Fsp3) is 0.0769. The number of nitrogens with two attached hydrogens (primary N) is 2. The first kappa shape index (κ1) is 16.9. The number of halogens is 1. The molecule has 2 aromatic carbocycles. The van der Waals surface area contributed by atoms with E-state index in [9.17, 15) is 16.8 Å². The van der Waals surface area contributed by atoms with Gasteiger partial charge < -0.3 is 5.73 Å².